The van der Waals surface area contributed by atoms with Crippen LogP contribution in [0.25, 0.3) is 0 Å². The van der Waals surface area contributed by atoms with E-state index in [1.54, 1.807) is 19.3 Å². The maximum atomic E-state index is 11.6. The fraction of sp³-hybridized carbons (Fsp3) is 0.600. The molecule has 20 heavy (non-hydrogen) atoms. The molecule has 0 saturated heterocycles. The van der Waals surface area contributed by atoms with E-state index in [1.807, 2.05) is 26.0 Å². The van der Waals surface area contributed by atoms with Gasteiger partial charge >= 0.3 is 6.03 Å². The zero-order valence-electron chi connectivity index (χ0n) is 12.5. The van der Waals surface area contributed by atoms with Crippen molar-refractivity contribution in [2.24, 2.45) is 5.92 Å². The molecule has 0 aliphatic rings. The number of pyridine rings is 1. The van der Waals surface area contributed by atoms with Gasteiger partial charge in [0.05, 0.1) is 5.60 Å². The van der Waals surface area contributed by atoms with Crippen LogP contribution in [0.1, 0.15) is 32.8 Å². The molecular weight excluding hydrogens is 254 g/mol. The maximum Gasteiger partial charge on any atom is 0.314 e. The number of nitrogens with one attached hydrogen (secondary N) is 2. The van der Waals surface area contributed by atoms with E-state index >= 15 is 0 Å². The van der Waals surface area contributed by atoms with Gasteiger partial charge in [0.15, 0.2) is 0 Å². The number of amides is 2. The van der Waals surface area contributed by atoms with Crippen molar-refractivity contribution in [2.75, 3.05) is 13.1 Å². The lowest BCUT2D eigenvalue weighted by Crippen LogP contribution is -2.48. The summed E-state index contributed by atoms with van der Waals surface area (Å²) in [5, 5.41) is 15.7. The average Bonchev–Trinajstić information content (AvgIpc) is 2.45. The van der Waals surface area contributed by atoms with Crippen LogP contribution in [0.5, 0.6) is 0 Å². The molecule has 2 atom stereocenters. The van der Waals surface area contributed by atoms with Gasteiger partial charge in [0.2, 0.25) is 0 Å². The molecule has 0 bridgehead atoms. The molecule has 0 fully saturated rings. The van der Waals surface area contributed by atoms with Crippen LogP contribution >= 0.6 is 0 Å². The molecule has 5 heteroatoms. The summed E-state index contributed by atoms with van der Waals surface area (Å²) in [6.07, 6.45) is 5.12. The first-order valence-electron chi connectivity index (χ1n) is 7.08. The molecule has 0 aromatic carbocycles. The minimum Gasteiger partial charge on any atom is -0.388 e. The van der Waals surface area contributed by atoms with E-state index in [9.17, 15) is 9.90 Å². The molecule has 0 spiro atoms. The number of aromatic nitrogens is 1. The highest BCUT2D eigenvalue weighted by molar-refractivity contribution is 5.73. The van der Waals surface area contributed by atoms with Crippen molar-refractivity contribution in [3.63, 3.8) is 0 Å². The van der Waals surface area contributed by atoms with Crippen molar-refractivity contribution < 1.29 is 9.90 Å². The second kappa shape index (κ2) is 7.85. The van der Waals surface area contributed by atoms with Gasteiger partial charge in [-0.3, -0.25) is 4.98 Å². The van der Waals surface area contributed by atoms with Crippen molar-refractivity contribution >= 4 is 6.03 Å². The van der Waals surface area contributed by atoms with E-state index in [4.69, 9.17) is 0 Å². The molecular formula is C15H25N3O2. The number of hydrogen-bond donors (Lipinski definition) is 3. The van der Waals surface area contributed by atoms with Crippen LogP contribution in [-0.4, -0.2) is 34.8 Å². The van der Waals surface area contributed by atoms with E-state index in [1.165, 1.54) is 0 Å². The summed E-state index contributed by atoms with van der Waals surface area (Å²) in [4.78, 5) is 15.7. The SMILES string of the molecule is CCC(C)C(C)(O)CNC(=O)NCCc1cccnc1. The minimum atomic E-state index is -0.880. The summed E-state index contributed by atoms with van der Waals surface area (Å²) in [5.74, 6) is 0.137. The highest BCUT2D eigenvalue weighted by atomic mass is 16.3. The lowest BCUT2D eigenvalue weighted by atomic mass is 9.89. The molecule has 0 saturated carbocycles. The molecule has 0 radical (unpaired) electrons. The Hall–Kier alpha value is -1.62. The van der Waals surface area contributed by atoms with Crippen LogP contribution in [0.2, 0.25) is 0 Å². The Morgan fingerprint density at radius 2 is 2.25 bits per heavy atom. The fourth-order valence-corrected chi connectivity index (χ4v) is 1.80. The minimum absolute atomic E-state index is 0.137. The van der Waals surface area contributed by atoms with Crippen LogP contribution in [0.4, 0.5) is 4.79 Å². The quantitative estimate of drug-likeness (QED) is 0.711. The number of hydrogen-bond acceptors (Lipinski definition) is 3. The third-order valence-electron chi connectivity index (χ3n) is 3.70. The van der Waals surface area contributed by atoms with Gasteiger partial charge in [-0.05, 0) is 30.9 Å². The van der Waals surface area contributed by atoms with Crippen LogP contribution in [0.15, 0.2) is 24.5 Å². The third-order valence-corrected chi connectivity index (χ3v) is 3.70. The molecule has 0 aliphatic heterocycles. The number of rotatable bonds is 7. The summed E-state index contributed by atoms with van der Waals surface area (Å²) in [5.41, 5.74) is 0.203. The Morgan fingerprint density at radius 3 is 2.85 bits per heavy atom. The Balaban J connectivity index is 2.24. The van der Waals surface area contributed by atoms with Crippen molar-refractivity contribution in [1.29, 1.82) is 0 Å². The van der Waals surface area contributed by atoms with Gasteiger partial charge in [-0.15, -0.1) is 0 Å². The second-order valence-corrected chi connectivity index (χ2v) is 5.39. The van der Waals surface area contributed by atoms with Crippen molar-refractivity contribution in [3.8, 4) is 0 Å². The van der Waals surface area contributed by atoms with Gasteiger partial charge in [-0.1, -0.05) is 26.3 Å². The number of aliphatic hydroxyl groups is 1. The molecule has 5 nitrogen and oxygen atoms in total. The molecule has 0 aliphatic carbocycles. The van der Waals surface area contributed by atoms with Gasteiger partial charge in [0.25, 0.3) is 0 Å². The van der Waals surface area contributed by atoms with Crippen LogP contribution < -0.4 is 10.6 Å². The Morgan fingerprint density at radius 1 is 1.50 bits per heavy atom. The standard InChI is InChI=1S/C15H25N3O2/c1-4-12(2)15(3,20)11-18-14(19)17-9-7-13-6-5-8-16-10-13/h5-6,8,10,12,20H,4,7,9,11H2,1-3H3,(H2,17,18,19). The summed E-state index contributed by atoms with van der Waals surface area (Å²) in [7, 11) is 0. The fourth-order valence-electron chi connectivity index (χ4n) is 1.80. The smallest absolute Gasteiger partial charge is 0.314 e. The van der Waals surface area contributed by atoms with Gasteiger partial charge in [0, 0.05) is 25.5 Å². The van der Waals surface area contributed by atoms with E-state index in [2.05, 4.69) is 15.6 Å². The lowest BCUT2D eigenvalue weighted by molar-refractivity contribution is 0.00792. The summed E-state index contributed by atoms with van der Waals surface area (Å²) in [6, 6.07) is 3.59. The topological polar surface area (TPSA) is 74.2 Å². The predicted molar refractivity (Wildman–Crippen MR) is 79.4 cm³/mol. The third kappa shape index (κ3) is 5.57. The molecule has 1 heterocycles. The number of nitrogens with zero attached hydrogens (tertiary/aromatic N) is 1. The van der Waals surface area contributed by atoms with Crippen molar-refractivity contribution in [2.45, 2.75) is 39.2 Å². The Kier molecular flexibility index (Phi) is 6.45. The molecule has 2 amide bonds. The van der Waals surface area contributed by atoms with Gasteiger partial charge in [-0.25, -0.2) is 4.79 Å². The van der Waals surface area contributed by atoms with Crippen LogP contribution in [-0.2, 0) is 6.42 Å². The first-order valence-corrected chi connectivity index (χ1v) is 7.08. The molecule has 3 N–H and O–H groups in total. The zero-order valence-corrected chi connectivity index (χ0v) is 12.5. The number of urea groups is 1. The number of carbonyl (C=O) groups is 1. The average molecular weight is 279 g/mol. The first kappa shape index (κ1) is 16.4. The van der Waals surface area contributed by atoms with Crippen LogP contribution in [0.3, 0.4) is 0 Å². The van der Waals surface area contributed by atoms with Gasteiger partial charge < -0.3 is 15.7 Å². The molecule has 112 valence electrons. The number of carbonyl (C=O) groups excluding carboxylic acids is 1. The van der Waals surface area contributed by atoms with E-state index in [-0.39, 0.29) is 18.5 Å². The second-order valence-electron chi connectivity index (χ2n) is 5.39. The van der Waals surface area contributed by atoms with Crippen molar-refractivity contribution in [3.05, 3.63) is 30.1 Å². The Labute approximate surface area is 120 Å². The molecule has 1 aromatic heterocycles. The highest BCUT2D eigenvalue weighted by Gasteiger charge is 2.27. The summed E-state index contributed by atoms with van der Waals surface area (Å²) < 4.78 is 0. The normalized spacial score (nSPS) is 15.2. The monoisotopic (exact) mass is 279 g/mol. The largest absolute Gasteiger partial charge is 0.388 e. The summed E-state index contributed by atoms with van der Waals surface area (Å²) >= 11 is 0. The van der Waals surface area contributed by atoms with E-state index < -0.39 is 5.60 Å². The zero-order chi connectivity index (χ0) is 15.0. The molecule has 2 unspecified atom stereocenters. The van der Waals surface area contributed by atoms with Gasteiger partial charge in [-0.2, -0.15) is 0 Å². The highest BCUT2D eigenvalue weighted by Crippen LogP contribution is 2.18. The van der Waals surface area contributed by atoms with Gasteiger partial charge in [0.1, 0.15) is 0 Å². The van der Waals surface area contributed by atoms with E-state index in [0.29, 0.717) is 6.54 Å². The Bertz CT molecular complexity index is 407. The van der Waals surface area contributed by atoms with Crippen LogP contribution in [0, 0.1) is 5.92 Å². The lowest BCUT2D eigenvalue weighted by Gasteiger charge is -2.29. The maximum absolute atomic E-state index is 11.6. The van der Waals surface area contributed by atoms with E-state index in [0.717, 1.165) is 18.4 Å². The van der Waals surface area contributed by atoms with Crippen molar-refractivity contribution in [1.82, 2.24) is 15.6 Å². The summed E-state index contributed by atoms with van der Waals surface area (Å²) in [6.45, 7) is 6.54. The molecule has 1 aromatic rings. The first-order chi connectivity index (χ1) is 9.45. The predicted octanol–water partition coefficient (Wildman–Crippen LogP) is 1.72. The molecule has 1 rings (SSSR count).